The normalized spacial score (nSPS) is 11.3. The minimum atomic E-state index is 0.550. The van der Waals surface area contributed by atoms with Crippen molar-refractivity contribution in [2.24, 2.45) is 0 Å². The van der Waals surface area contributed by atoms with Gasteiger partial charge in [0.25, 0.3) is 0 Å². The average Bonchev–Trinajstić information content (AvgIpc) is 3.67. The molecule has 0 aliphatic carbocycles. The molecule has 4 heteroatoms. The monoisotopic (exact) mass is 610 g/mol. The number of nitrogens with zero attached hydrogens (tertiary/aromatic N) is 4. The minimum Gasteiger partial charge on any atom is -0.318 e. The second kappa shape index (κ2) is 10.9. The Labute approximate surface area is 277 Å². The molecule has 0 saturated heterocycles. The van der Waals surface area contributed by atoms with Crippen LogP contribution in [-0.4, -0.2) is 9.13 Å². The zero-order chi connectivity index (χ0) is 32.2. The van der Waals surface area contributed by atoms with Crippen LogP contribution >= 0.6 is 0 Å². The summed E-state index contributed by atoms with van der Waals surface area (Å²) in [6, 6.07) is 56.6. The number of nitriles is 1. The molecule has 0 spiro atoms. The summed E-state index contributed by atoms with van der Waals surface area (Å²) in [4.78, 5) is 4.02. The molecule has 4 nitrogen and oxygen atoms in total. The van der Waals surface area contributed by atoms with Crippen LogP contribution in [0.15, 0.2) is 158 Å². The van der Waals surface area contributed by atoms with Crippen molar-refractivity contribution in [3.63, 3.8) is 0 Å². The van der Waals surface area contributed by atoms with Gasteiger partial charge in [-0.05, 0) is 64.7 Å². The minimum absolute atomic E-state index is 0.550. The number of para-hydroxylation sites is 4. The highest BCUT2D eigenvalue weighted by atomic mass is 15.0. The van der Waals surface area contributed by atoms with Gasteiger partial charge < -0.3 is 9.13 Å². The Morgan fingerprint density at radius 3 is 1.69 bits per heavy atom. The van der Waals surface area contributed by atoms with Gasteiger partial charge in [-0.15, -0.1) is 0 Å². The highest BCUT2D eigenvalue weighted by Gasteiger charge is 2.21. The van der Waals surface area contributed by atoms with Crippen LogP contribution in [0.4, 0.5) is 5.69 Å². The first kappa shape index (κ1) is 27.4. The predicted octanol–water partition coefficient (Wildman–Crippen LogP) is 11.6. The van der Waals surface area contributed by atoms with E-state index in [0.717, 1.165) is 55.4 Å². The molecule has 0 fully saturated rings. The number of rotatable bonds is 4. The molecule has 0 atom stereocenters. The Kier molecular flexibility index (Phi) is 6.22. The summed E-state index contributed by atoms with van der Waals surface area (Å²) in [5.41, 5.74) is 11.4. The quantitative estimate of drug-likeness (QED) is 0.183. The van der Waals surface area contributed by atoms with Crippen LogP contribution in [0.25, 0.3) is 82.1 Å². The van der Waals surface area contributed by atoms with E-state index in [1.54, 1.807) is 0 Å². The first-order chi connectivity index (χ1) is 23.8. The van der Waals surface area contributed by atoms with Crippen molar-refractivity contribution in [2.75, 3.05) is 0 Å². The van der Waals surface area contributed by atoms with Crippen LogP contribution < -0.4 is 0 Å². The number of hydrogen-bond donors (Lipinski definition) is 0. The molecule has 0 aliphatic heterocycles. The van der Waals surface area contributed by atoms with Crippen LogP contribution in [0, 0.1) is 17.9 Å². The molecule has 0 amide bonds. The molecule has 9 rings (SSSR count). The van der Waals surface area contributed by atoms with Gasteiger partial charge in [-0.1, -0.05) is 115 Å². The van der Waals surface area contributed by atoms with Gasteiger partial charge in [0.15, 0.2) is 0 Å². The van der Waals surface area contributed by atoms with Gasteiger partial charge in [0.2, 0.25) is 5.69 Å². The van der Waals surface area contributed by atoms with Crippen molar-refractivity contribution in [3.05, 3.63) is 175 Å². The summed E-state index contributed by atoms with van der Waals surface area (Å²) < 4.78 is 4.49. The Morgan fingerprint density at radius 2 is 1.02 bits per heavy atom. The van der Waals surface area contributed by atoms with Crippen LogP contribution in [-0.2, 0) is 0 Å². The predicted molar refractivity (Wildman–Crippen MR) is 197 cm³/mol. The molecule has 0 radical (unpaired) electrons. The Hall–Kier alpha value is -6.88. The number of aromatic nitrogens is 2. The maximum atomic E-state index is 10.0. The maximum Gasteiger partial charge on any atom is 0.211 e. The SMILES string of the molecule is [C-]#[N+]c1cccc(-c2ccccc2-c2ccc(-n3c4ccccc4c4ccccc43)cc2)c1-n1c2ccccc2c2c(C#N)cccc21. The molecule has 0 unspecified atom stereocenters. The van der Waals surface area contributed by atoms with E-state index in [1.807, 2.05) is 42.5 Å². The van der Waals surface area contributed by atoms with E-state index in [-0.39, 0.29) is 0 Å². The summed E-state index contributed by atoms with van der Waals surface area (Å²) in [5, 5.41) is 14.4. The lowest BCUT2D eigenvalue weighted by molar-refractivity contribution is 1.18. The third-order valence-electron chi connectivity index (χ3n) is 9.41. The van der Waals surface area contributed by atoms with Crippen molar-refractivity contribution in [3.8, 4) is 39.7 Å². The van der Waals surface area contributed by atoms with E-state index in [0.29, 0.717) is 11.3 Å². The number of hydrogen-bond acceptors (Lipinski definition) is 1. The van der Waals surface area contributed by atoms with Crippen LogP contribution in [0.2, 0.25) is 0 Å². The molecule has 7 aromatic carbocycles. The fourth-order valence-corrected chi connectivity index (χ4v) is 7.39. The van der Waals surface area contributed by atoms with E-state index >= 15 is 0 Å². The van der Waals surface area contributed by atoms with Crippen molar-refractivity contribution in [1.82, 2.24) is 9.13 Å². The molecule has 0 bridgehead atoms. The lowest BCUT2D eigenvalue weighted by Crippen LogP contribution is -1.99. The second-order valence-corrected chi connectivity index (χ2v) is 11.9. The van der Waals surface area contributed by atoms with Gasteiger partial charge in [0, 0.05) is 27.2 Å². The highest BCUT2D eigenvalue weighted by molar-refractivity contribution is 6.13. The summed E-state index contributed by atoms with van der Waals surface area (Å²) >= 11 is 0. The van der Waals surface area contributed by atoms with E-state index in [2.05, 4.69) is 135 Å². The van der Waals surface area contributed by atoms with Gasteiger partial charge in [-0.2, -0.15) is 5.26 Å². The molecule has 222 valence electrons. The zero-order valence-electron chi connectivity index (χ0n) is 25.8. The topological polar surface area (TPSA) is 38.0 Å². The first-order valence-corrected chi connectivity index (χ1v) is 15.9. The maximum absolute atomic E-state index is 10.0. The van der Waals surface area contributed by atoms with Gasteiger partial charge in [0.05, 0.1) is 46.0 Å². The number of benzene rings is 7. The van der Waals surface area contributed by atoms with E-state index in [1.165, 1.54) is 21.8 Å². The Balaban J connectivity index is 1.25. The summed E-state index contributed by atoms with van der Waals surface area (Å²) in [6.07, 6.45) is 0. The zero-order valence-corrected chi connectivity index (χ0v) is 25.8. The molecular weight excluding hydrogens is 585 g/mol. The lowest BCUT2D eigenvalue weighted by atomic mass is 9.93. The lowest BCUT2D eigenvalue weighted by Gasteiger charge is -2.19. The van der Waals surface area contributed by atoms with Crippen LogP contribution in [0.3, 0.4) is 0 Å². The largest absolute Gasteiger partial charge is 0.318 e. The Morgan fingerprint density at radius 1 is 0.479 bits per heavy atom. The van der Waals surface area contributed by atoms with Crippen LogP contribution in [0.1, 0.15) is 5.56 Å². The van der Waals surface area contributed by atoms with Gasteiger partial charge in [-0.3, -0.25) is 0 Å². The highest BCUT2D eigenvalue weighted by Crippen LogP contribution is 2.44. The van der Waals surface area contributed by atoms with Crippen molar-refractivity contribution >= 4 is 49.3 Å². The third-order valence-corrected chi connectivity index (χ3v) is 9.41. The van der Waals surface area contributed by atoms with E-state index < -0.39 is 0 Å². The molecule has 2 aromatic heterocycles. The number of fused-ring (bicyclic) bond motifs is 6. The molecule has 2 heterocycles. The molecule has 0 N–H and O–H groups in total. The van der Waals surface area contributed by atoms with Gasteiger partial charge in [0.1, 0.15) is 0 Å². The van der Waals surface area contributed by atoms with Crippen molar-refractivity contribution in [1.29, 1.82) is 5.26 Å². The van der Waals surface area contributed by atoms with E-state index in [4.69, 9.17) is 6.57 Å². The Bertz CT molecular complexity index is 2750. The van der Waals surface area contributed by atoms with Crippen LogP contribution in [0.5, 0.6) is 0 Å². The molecule has 48 heavy (non-hydrogen) atoms. The fraction of sp³-hybridized carbons (Fsp3) is 0. The standard InChI is InChI=1S/C44H26N4/c1-46-38-19-11-18-36(44(38)48-41-22-9-6-17-37(41)43-30(28-45)12-10-23-42(43)48)33-14-3-2-13-32(33)29-24-26-31(27-25-29)47-39-20-7-4-15-34(39)35-16-5-8-21-40(35)47/h2-27H. The van der Waals surface area contributed by atoms with E-state index in [9.17, 15) is 5.26 Å². The molecule has 0 aliphatic rings. The van der Waals surface area contributed by atoms with Gasteiger partial charge in [-0.25, -0.2) is 4.85 Å². The summed E-state index contributed by atoms with van der Waals surface area (Å²) in [5.74, 6) is 0. The first-order valence-electron chi connectivity index (χ1n) is 15.9. The average molecular weight is 611 g/mol. The summed E-state index contributed by atoms with van der Waals surface area (Å²) in [7, 11) is 0. The summed E-state index contributed by atoms with van der Waals surface area (Å²) in [6.45, 7) is 8.22. The van der Waals surface area contributed by atoms with Crippen molar-refractivity contribution in [2.45, 2.75) is 0 Å². The molecule has 0 saturated carbocycles. The van der Waals surface area contributed by atoms with Gasteiger partial charge >= 0.3 is 0 Å². The molecule has 9 aromatic rings. The smallest absolute Gasteiger partial charge is 0.211 e. The van der Waals surface area contributed by atoms with Crippen molar-refractivity contribution < 1.29 is 0 Å². The molecular formula is C44H26N4. The third kappa shape index (κ3) is 4.01. The fourth-order valence-electron chi connectivity index (χ4n) is 7.39. The second-order valence-electron chi connectivity index (χ2n) is 11.9.